The fraction of sp³-hybridized carbons (Fsp3) is 0.300. The summed E-state index contributed by atoms with van der Waals surface area (Å²) >= 11 is 3.38. The van der Waals surface area contributed by atoms with Gasteiger partial charge >= 0.3 is 0 Å². The third-order valence-corrected chi connectivity index (χ3v) is 2.18. The highest BCUT2D eigenvalue weighted by atomic mass is 79.9. The number of rotatable bonds is 4. The van der Waals surface area contributed by atoms with Crippen molar-refractivity contribution in [3.63, 3.8) is 0 Å². The lowest BCUT2D eigenvalue weighted by molar-refractivity contribution is 0.633. The fourth-order valence-corrected chi connectivity index (χ4v) is 1.33. The molecule has 1 aromatic rings. The molecule has 1 aromatic heterocycles. The quantitative estimate of drug-likeness (QED) is 0.819. The van der Waals surface area contributed by atoms with Gasteiger partial charge in [-0.25, -0.2) is 0 Å². The zero-order valence-corrected chi connectivity index (χ0v) is 9.21. The highest BCUT2D eigenvalue weighted by Gasteiger charge is 1.97. The van der Waals surface area contributed by atoms with Gasteiger partial charge in [0.25, 0.3) is 0 Å². The minimum absolute atomic E-state index is 0.332. The van der Waals surface area contributed by atoms with Gasteiger partial charge in [-0.3, -0.25) is 4.98 Å². The maximum atomic E-state index is 4.08. The molecule has 1 unspecified atom stereocenters. The van der Waals surface area contributed by atoms with Crippen LogP contribution in [0.15, 0.2) is 35.6 Å². The highest BCUT2D eigenvalue weighted by Crippen LogP contribution is 2.09. The topological polar surface area (TPSA) is 24.9 Å². The van der Waals surface area contributed by atoms with Gasteiger partial charge in [-0.15, -0.1) is 6.58 Å². The molecule has 0 aliphatic rings. The first-order valence-electron chi connectivity index (χ1n) is 4.17. The first-order valence-corrected chi connectivity index (χ1v) is 4.97. The molecule has 0 radical (unpaired) electrons. The van der Waals surface area contributed by atoms with Crippen LogP contribution in [-0.4, -0.2) is 11.0 Å². The molecule has 1 N–H and O–H groups in total. The Balaban J connectivity index is 2.49. The van der Waals surface area contributed by atoms with Crippen molar-refractivity contribution in [3.8, 4) is 0 Å². The van der Waals surface area contributed by atoms with E-state index in [-0.39, 0.29) is 0 Å². The van der Waals surface area contributed by atoms with Gasteiger partial charge in [0.1, 0.15) is 0 Å². The summed E-state index contributed by atoms with van der Waals surface area (Å²) in [5.74, 6) is 0. The molecule has 70 valence electrons. The molecule has 1 heterocycles. The van der Waals surface area contributed by atoms with Gasteiger partial charge < -0.3 is 5.32 Å². The monoisotopic (exact) mass is 240 g/mol. The average molecular weight is 241 g/mol. The molecule has 0 aliphatic carbocycles. The van der Waals surface area contributed by atoms with Crippen molar-refractivity contribution >= 4 is 15.9 Å². The van der Waals surface area contributed by atoms with E-state index >= 15 is 0 Å². The summed E-state index contributed by atoms with van der Waals surface area (Å²) < 4.78 is 1.01. The van der Waals surface area contributed by atoms with Crippen LogP contribution >= 0.6 is 15.9 Å². The minimum Gasteiger partial charge on any atom is -0.307 e. The van der Waals surface area contributed by atoms with Crippen LogP contribution in [0.5, 0.6) is 0 Å². The summed E-state index contributed by atoms with van der Waals surface area (Å²) in [6.07, 6.45) is 5.51. The number of pyridine rings is 1. The lowest BCUT2D eigenvalue weighted by Crippen LogP contribution is -2.22. The number of nitrogens with one attached hydrogen (secondary N) is 1. The first-order chi connectivity index (χ1) is 6.22. The number of nitrogens with zero attached hydrogens (tertiary/aromatic N) is 1. The lowest BCUT2D eigenvalue weighted by Gasteiger charge is -2.08. The highest BCUT2D eigenvalue weighted by molar-refractivity contribution is 9.10. The van der Waals surface area contributed by atoms with Crippen LogP contribution in [0.4, 0.5) is 0 Å². The number of hydrogen-bond acceptors (Lipinski definition) is 2. The summed E-state index contributed by atoms with van der Waals surface area (Å²) in [4.78, 5) is 4.08. The molecule has 0 saturated heterocycles. The van der Waals surface area contributed by atoms with Gasteiger partial charge in [0.2, 0.25) is 0 Å². The van der Waals surface area contributed by atoms with Gasteiger partial charge in [-0.05, 0) is 34.5 Å². The molecule has 0 aromatic carbocycles. The van der Waals surface area contributed by atoms with E-state index in [2.05, 4.69) is 45.8 Å². The summed E-state index contributed by atoms with van der Waals surface area (Å²) in [6, 6.07) is 2.38. The summed E-state index contributed by atoms with van der Waals surface area (Å²) in [5.41, 5.74) is 1.17. The van der Waals surface area contributed by atoms with Crippen molar-refractivity contribution < 1.29 is 0 Å². The third kappa shape index (κ3) is 3.70. The van der Waals surface area contributed by atoms with Gasteiger partial charge in [-0.2, -0.15) is 0 Å². The summed E-state index contributed by atoms with van der Waals surface area (Å²) in [7, 11) is 0. The van der Waals surface area contributed by atoms with E-state index < -0.39 is 0 Å². The van der Waals surface area contributed by atoms with Crippen molar-refractivity contribution in [2.45, 2.75) is 19.5 Å². The summed E-state index contributed by atoms with van der Waals surface area (Å²) in [6.45, 7) is 6.59. The van der Waals surface area contributed by atoms with Crippen LogP contribution in [0.1, 0.15) is 12.5 Å². The average Bonchev–Trinajstić information content (AvgIpc) is 2.14. The first kappa shape index (κ1) is 10.4. The Bertz CT molecular complexity index is 286. The molecule has 0 saturated carbocycles. The molecule has 2 nitrogen and oxygen atoms in total. The predicted octanol–water partition coefficient (Wildman–Crippen LogP) is 2.51. The van der Waals surface area contributed by atoms with Crippen molar-refractivity contribution in [2.75, 3.05) is 0 Å². The predicted molar refractivity (Wildman–Crippen MR) is 58.4 cm³/mol. The van der Waals surface area contributed by atoms with Crippen LogP contribution in [0.3, 0.4) is 0 Å². The number of hydrogen-bond donors (Lipinski definition) is 1. The Kier molecular flexibility index (Phi) is 4.12. The Labute approximate surface area is 87.2 Å². The molecule has 3 heteroatoms. The molecule has 0 spiro atoms. The van der Waals surface area contributed by atoms with E-state index in [0.29, 0.717) is 6.04 Å². The molecular formula is C10H13BrN2. The number of aromatic nitrogens is 1. The minimum atomic E-state index is 0.332. The Morgan fingerprint density at radius 2 is 2.46 bits per heavy atom. The van der Waals surface area contributed by atoms with E-state index in [1.807, 2.05) is 12.3 Å². The zero-order chi connectivity index (χ0) is 9.68. The van der Waals surface area contributed by atoms with Gasteiger partial charge in [0.05, 0.1) is 0 Å². The van der Waals surface area contributed by atoms with Crippen molar-refractivity contribution in [2.24, 2.45) is 0 Å². The van der Waals surface area contributed by atoms with Crippen LogP contribution in [0.25, 0.3) is 0 Å². The molecule has 13 heavy (non-hydrogen) atoms. The van der Waals surface area contributed by atoms with Gasteiger partial charge in [-0.1, -0.05) is 6.08 Å². The van der Waals surface area contributed by atoms with Crippen molar-refractivity contribution in [3.05, 3.63) is 41.2 Å². The molecular weight excluding hydrogens is 228 g/mol. The smallest absolute Gasteiger partial charge is 0.0410 e. The molecule has 1 atom stereocenters. The molecule has 0 aliphatic heterocycles. The second-order valence-electron chi connectivity index (χ2n) is 2.92. The van der Waals surface area contributed by atoms with Crippen molar-refractivity contribution in [1.82, 2.24) is 10.3 Å². The number of halogens is 1. The zero-order valence-electron chi connectivity index (χ0n) is 7.63. The second-order valence-corrected chi connectivity index (χ2v) is 3.83. The Morgan fingerprint density at radius 3 is 3.08 bits per heavy atom. The third-order valence-electron chi connectivity index (χ3n) is 1.74. The van der Waals surface area contributed by atoms with E-state index in [1.165, 1.54) is 5.56 Å². The van der Waals surface area contributed by atoms with Crippen LogP contribution in [0.2, 0.25) is 0 Å². The van der Waals surface area contributed by atoms with Crippen LogP contribution < -0.4 is 5.32 Å². The Morgan fingerprint density at radius 1 is 1.69 bits per heavy atom. The maximum Gasteiger partial charge on any atom is 0.0410 e. The fourth-order valence-electron chi connectivity index (χ4n) is 0.915. The van der Waals surface area contributed by atoms with E-state index in [4.69, 9.17) is 0 Å². The molecule has 0 bridgehead atoms. The van der Waals surface area contributed by atoms with Gasteiger partial charge in [0, 0.05) is 29.5 Å². The standard InChI is InChI=1S/C10H13BrN2/c1-3-8(2)13-6-9-4-10(11)7-12-5-9/h3-5,7-8,13H,1,6H2,2H3. The largest absolute Gasteiger partial charge is 0.307 e. The molecule has 0 fully saturated rings. The van der Waals surface area contributed by atoms with Crippen LogP contribution in [0, 0.1) is 0 Å². The Hall–Kier alpha value is -0.670. The van der Waals surface area contributed by atoms with Crippen LogP contribution in [-0.2, 0) is 6.54 Å². The summed E-state index contributed by atoms with van der Waals surface area (Å²) in [5, 5.41) is 3.30. The van der Waals surface area contributed by atoms with E-state index in [0.717, 1.165) is 11.0 Å². The lowest BCUT2D eigenvalue weighted by atomic mass is 10.2. The second kappa shape index (κ2) is 5.14. The normalized spacial score (nSPS) is 12.5. The van der Waals surface area contributed by atoms with E-state index in [9.17, 15) is 0 Å². The molecule has 0 amide bonds. The molecule has 1 rings (SSSR count). The maximum absolute atomic E-state index is 4.08. The SMILES string of the molecule is C=CC(C)NCc1cncc(Br)c1. The van der Waals surface area contributed by atoms with E-state index in [1.54, 1.807) is 6.20 Å². The van der Waals surface area contributed by atoms with Gasteiger partial charge in [0.15, 0.2) is 0 Å². The van der Waals surface area contributed by atoms with Crippen molar-refractivity contribution in [1.29, 1.82) is 0 Å².